The molecule has 0 aromatic heterocycles. The summed E-state index contributed by atoms with van der Waals surface area (Å²) in [5.41, 5.74) is 0. The second-order valence-corrected chi connectivity index (χ2v) is 7.45. The number of carbonyl (C=O) groups is 1. The molecule has 1 N–H and O–H groups in total. The number of likely N-dealkylation sites (N-methyl/N-ethyl adjacent to an activating group) is 1. The molecular formula is C12H24N2O3S. The van der Waals surface area contributed by atoms with E-state index in [1.54, 1.807) is 6.92 Å². The Labute approximate surface area is 110 Å². The average Bonchev–Trinajstić information content (AvgIpc) is 3.11. The minimum atomic E-state index is -3.29. The van der Waals surface area contributed by atoms with Crippen molar-refractivity contribution in [3.8, 4) is 0 Å². The van der Waals surface area contributed by atoms with Gasteiger partial charge in [0.25, 0.3) is 0 Å². The summed E-state index contributed by atoms with van der Waals surface area (Å²) in [6.45, 7) is 4.55. The Kier molecular flexibility index (Phi) is 5.59. The molecule has 1 amide bonds. The van der Waals surface area contributed by atoms with Gasteiger partial charge in [-0.25, -0.2) is 8.42 Å². The van der Waals surface area contributed by atoms with E-state index in [9.17, 15) is 13.2 Å². The highest BCUT2D eigenvalue weighted by Gasteiger charge is 2.28. The smallest absolute Gasteiger partial charge is 0.238 e. The van der Waals surface area contributed by atoms with Gasteiger partial charge in [-0.1, -0.05) is 6.92 Å². The minimum Gasteiger partial charge on any atom is -0.354 e. The third kappa shape index (κ3) is 4.57. The van der Waals surface area contributed by atoms with Gasteiger partial charge in [-0.3, -0.25) is 4.79 Å². The zero-order chi connectivity index (χ0) is 13.8. The summed E-state index contributed by atoms with van der Waals surface area (Å²) in [4.78, 5) is 13.9. The van der Waals surface area contributed by atoms with Gasteiger partial charge in [-0.15, -0.1) is 0 Å². The number of sulfone groups is 1. The summed E-state index contributed by atoms with van der Waals surface area (Å²) >= 11 is 0. The number of rotatable bonds is 8. The van der Waals surface area contributed by atoms with Crippen molar-refractivity contribution < 1.29 is 13.2 Å². The fraction of sp³-hybridized carbons (Fsp3) is 0.917. The highest BCUT2D eigenvalue weighted by atomic mass is 32.2. The molecule has 1 aliphatic carbocycles. The molecule has 6 heteroatoms. The van der Waals surface area contributed by atoms with Crippen LogP contribution in [-0.2, 0) is 14.6 Å². The highest BCUT2D eigenvalue weighted by Crippen LogP contribution is 2.24. The largest absolute Gasteiger partial charge is 0.354 e. The molecule has 0 aromatic rings. The van der Waals surface area contributed by atoms with Gasteiger partial charge in [0.1, 0.15) is 5.25 Å². The lowest BCUT2D eigenvalue weighted by atomic mass is 10.4. The summed E-state index contributed by atoms with van der Waals surface area (Å²) in [5, 5.41) is 1.76. The first-order chi connectivity index (χ1) is 8.38. The fourth-order valence-corrected chi connectivity index (χ4v) is 3.15. The second kappa shape index (κ2) is 6.52. The van der Waals surface area contributed by atoms with Gasteiger partial charge in [0.05, 0.1) is 5.75 Å². The molecule has 1 fully saturated rings. The van der Waals surface area contributed by atoms with E-state index in [2.05, 4.69) is 10.2 Å². The lowest BCUT2D eigenvalue weighted by Gasteiger charge is -2.17. The van der Waals surface area contributed by atoms with Crippen molar-refractivity contribution in [1.82, 2.24) is 10.2 Å². The zero-order valence-corrected chi connectivity index (χ0v) is 12.3. The standard InChI is InChI=1S/C12H24N2O3S/c1-4-9-18(16,17)10(2)12(15)13-7-8-14(3)11-5-6-11/h10-11H,4-9H2,1-3H3,(H,13,15). The van der Waals surface area contributed by atoms with Crippen LogP contribution in [0.5, 0.6) is 0 Å². The molecule has 0 aliphatic heterocycles. The van der Waals surface area contributed by atoms with E-state index in [-0.39, 0.29) is 11.7 Å². The van der Waals surface area contributed by atoms with Crippen molar-refractivity contribution in [3.63, 3.8) is 0 Å². The van der Waals surface area contributed by atoms with Gasteiger partial charge in [0, 0.05) is 19.1 Å². The van der Waals surface area contributed by atoms with Crippen LogP contribution in [0.15, 0.2) is 0 Å². The molecule has 1 rings (SSSR count). The maximum atomic E-state index is 11.7. The first-order valence-corrected chi connectivity index (χ1v) is 8.29. The van der Waals surface area contributed by atoms with Crippen molar-refractivity contribution in [2.75, 3.05) is 25.9 Å². The van der Waals surface area contributed by atoms with E-state index >= 15 is 0 Å². The van der Waals surface area contributed by atoms with Crippen molar-refractivity contribution >= 4 is 15.7 Å². The first kappa shape index (κ1) is 15.4. The van der Waals surface area contributed by atoms with Gasteiger partial charge in [-0.05, 0) is 33.2 Å². The van der Waals surface area contributed by atoms with Crippen LogP contribution in [0.2, 0.25) is 0 Å². The number of carbonyl (C=O) groups excluding carboxylic acids is 1. The number of hydrogen-bond acceptors (Lipinski definition) is 4. The van der Waals surface area contributed by atoms with Crippen LogP contribution in [-0.4, -0.2) is 56.4 Å². The van der Waals surface area contributed by atoms with Gasteiger partial charge < -0.3 is 10.2 Å². The summed E-state index contributed by atoms with van der Waals surface area (Å²) in [6, 6.07) is 0.656. The number of nitrogens with one attached hydrogen (secondary N) is 1. The normalized spacial score (nSPS) is 17.8. The molecule has 0 aromatic carbocycles. The van der Waals surface area contributed by atoms with Crippen LogP contribution < -0.4 is 5.32 Å². The maximum absolute atomic E-state index is 11.7. The van der Waals surface area contributed by atoms with E-state index in [1.165, 1.54) is 19.8 Å². The summed E-state index contributed by atoms with van der Waals surface area (Å²) < 4.78 is 23.4. The topological polar surface area (TPSA) is 66.5 Å². The molecule has 0 saturated heterocycles. The SMILES string of the molecule is CCCS(=O)(=O)C(C)C(=O)NCCN(C)C1CC1. The summed E-state index contributed by atoms with van der Waals surface area (Å²) in [5.74, 6) is -0.309. The van der Waals surface area contributed by atoms with Gasteiger partial charge in [0.15, 0.2) is 9.84 Å². The third-order valence-electron chi connectivity index (χ3n) is 3.33. The Morgan fingerprint density at radius 1 is 1.44 bits per heavy atom. The van der Waals surface area contributed by atoms with Gasteiger partial charge >= 0.3 is 0 Å². The number of nitrogens with zero attached hydrogens (tertiary/aromatic N) is 1. The Hall–Kier alpha value is -0.620. The van der Waals surface area contributed by atoms with Crippen LogP contribution in [0.25, 0.3) is 0 Å². The van der Waals surface area contributed by atoms with E-state index < -0.39 is 15.1 Å². The quantitative estimate of drug-likeness (QED) is 0.697. The zero-order valence-electron chi connectivity index (χ0n) is 11.5. The monoisotopic (exact) mass is 276 g/mol. The fourth-order valence-electron chi connectivity index (χ4n) is 1.82. The van der Waals surface area contributed by atoms with E-state index in [4.69, 9.17) is 0 Å². The predicted molar refractivity (Wildman–Crippen MR) is 72.2 cm³/mol. The lowest BCUT2D eigenvalue weighted by molar-refractivity contribution is -0.120. The molecular weight excluding hydrogens is 252 g/mol. The third-order valence-corrected chi connectivity index (χ3v) is 5.60. The average molecular weight is 276 g/mol. The molecule has 1 unspecified atom stereocenters. The van der Waals surface area contributed by atoms with Gasteiger partial charge in [0.2, 0.25) is 5.91 Å². The Balaban J connectivity index is 2.30. The molecule has 1 atom stereocenters. The van der Waals surface area contributed by atoms with Crippen LogP contribution in [0.4, 0.5) is 0 Å². The Bertz CT molecular complexity index is 377. The van der Waals surface area contributed by atoms with Crippen LogP contribution >= 0.6 is 0 Å². The van der Waals surface area contributed by atoms with Crippen molar-refractivity contribution in [2.24, 2.45) is 0 Å². The van der Waals surface area contributed by atoms with Crippen molar-refractivity contribution in [1.29, 1.82) is 0 Å². The molecule has 1 aliphatic rings. The second-order valence-electron chi connectivity index (χ2n) is 5.01. The molecule has 18 heavy (non-hydrogen) atoms. The molecule has 0 spiro atoms. The van der Waals surface area contributed by atoms with Crippen LogP contribution in [0.1, 0.15) is 33.1 Å². The Morgan fingerprint density at radius 2 is 2.06 bits per heavy atom. The predicted octanol–water partition coefficient (Wildman–Crippen LogP) is 0.410. The van der Waals surface area contributed by atoms with Crippen molar-refractivity contribution in [3.05, 3.63) is 0 Å². The number of hydrogen-bond donors (Lipinski definition) is 1. The van der Waals surface area contributed by atoms with Crippen LogP contribution in [0, 0.1) is 0 Å². The summed E-state index contributed by atoms with van der Waals surface area (Å²) in [7, 11) is -1.26. The molecule has 5 nitrogen and oxygen atoms in total. The van der Waals surface area contributed by atoms with E-state index in [0.717, 1.165) is 6.54 Å². The molecule has 0 heterocycles. The van der Waals surface area contributed by atoms with Gasteiger partial charge in [-0.2, -0.15) is 0 Å². The van der Waals surface area contributed by atoms with Crippen molar-refractivity contribution in [2.45, 2.75) is 44.4 Å². The van der Waals surface area contributed by atoms with E-state index in [1.807, 2.05) is 7.05 Å². The molecule has 106 valence electrons. The molecule has 0 radical (unpaired) electrons. The summed E-state index contributed by atoms with van der Waals surface area (Å²) in [6.07, 6.45) is 3.00. The molecule has 1 saturated carbocycles. The number of amides is 1. The highest BCUT2D eigenvalue weighted by molar-refractivity contribution is 7.92. The lowest BCUT2D eigenvalue weighted by Crippen LogP contribution is -2.42. The maximum Gasteiger partial charge on any atom is 0.238 e. The first-order valence-electron chi connectivity index (χ1n) is 6.58. The van der Waals surface area contributed by atoms with E-state index in [0.29, 0.717) is 19.0 Å². The van der Waals surface area contributed by atoms with Crippen LogP contribution in [0.3, 0.4) is 0 Å². The Morgan fingerprint density at radius 3 is 2.56 bits per heavy atom. The molecule has 0 bridgehead atoms. The minimum absolute atomic E-state index is 0.0730.